The maximum Gasteiger partial charge on any atom is 0.253 e. The molecule has 0 unspecified atom stereocenters. The number of halogens is 3. The summed E-state index contributed by atoms with van der Waals surface area (Å²) in [6.07, 6.45) is 5.82. The molecule has 2 N–H and O–H groups in total. The van der Waals surface area contributed by atoms with Gasteiger partial charge in [-0.1, -0.05) is 0 Å². The number of hydrogen-bond acceptors (Lipinski definition) is 4. The van der Waals surface area contributed by atoms with Gasteiger partial charge in [0.2, 0.25) is 0 Å². The number of amides is 1. The predicted molar refractivity (Wildman–Crippen MR) is 89.6 cm³/mol. The lowest BCUT2D eigenvalue weighted by molar-refractivity contribution is -0.126. The standard InChI is InChI=1S/C14H16FN5O.2ClH/c15-11-2-3-12(17-10-11)19-13(21)14(4-7-16-8-5-14)20-9-1-6-18-20;;/h1-3,6,9-10,16H,4-5,7-8H2,(H,17,19,21);2*1H. The summed E-state index contributed by atoms with van der Waals surface area (Å²) < 4.78 is 14.6. The minimum atomic E-state index is -0.731. The summed E-state index contributed by atoms with van der Waals surface area (Å²) in [6, 6.07) is 4.52. The SMILES string of the molecule is Cl.Cl.O=C(Nc1ccc(F)cn1)C1(n2cccn2)CCNCC1. The van der Waals surface area contributed by atoms with E-state index in [2.05, 4.69) is 20.7 Å². The van der Waals surface area contributed by atoms with E-state index in [1.54, 1.807) is 23.1 Å². The lowest BCUT2D eigenvalue weighted by Gasteiger charge is -2.36. The smallest absolute Gasteiger partial charge is 0.253 e. The van der Waals surface area contributed by atoms with Crippen LogP contribution in [0.3, 0.4) is 0 Å². The molecule has 2 aromatic rings. The van der Waals surface area contributed by atoms with Gasteiger partial charge in [0.25, 0.3) is 5.91 Å². The second-order valence-corrected chi connectivity index (χ2v) is 5.05. The molecule has 126 valence electrons. The van der Waals surface area contributed by atoms with Gasteiger partial charge >= 0.3 is 0 Å². The summed E-state index contributed by atoms with van der Waals surface area (Å²) in [7, 11) is 0. The number of nitrogens with one attached hydrogen (secondary N) is 2. The Kier molecular flexibility index (Phi) is 6.93. The molecule has 9 heteroatoms. The molecule has 2 aromatic heterocycles. The lowest BCUT2D eigenvalue weighted by atomic mass is 9.87. The highest BCUT2D eigenvalue weighted by Gasteiger charge is 2.42. The molecule has 6 nitrogen and oxygen atoms in total. The molecular weight excluding hydrogens is 344 g/mol. The molecule has 3 heterocycles. The van der Waals surface area contributed by atoms with Gasteiger partial charge in [0.05, 0.1) is 6.20 Å². The van der Waals surface area contributed by atoms with Crippen LogP contribution in [0.4, 0.5) is 10.2 Å². The number of carbonyl (C=O) groups excluding carboxylic acids is 1. The second kappa shape index (κ2) is 8.24. The van der Waals surface area contributed by atoms with E-state index in [0.717, 1.165) is 19.3 Å². The molecular formula is C14H18Cl2FN5O. The first kappa shape index (κ1) is 19.3. The Morgan fingerprint density at radius 1 is 1.30 bits per heavy atom. The van der Waals surface area contributed by atoms with Crippen molar-refractivity contribution in [1.29, 1.82) is 0 Å². The van der Waals surface area contributed by atoms with Gasteiger partial charge in [0.1, 0.15) is 17.2 Å². The van der Waals surface area contributed by atoms with Gasteiger partial charge in [0.15, 0.2) is 0 Å². The Hall–Kier alpha value is -1.70. The summed E-state index contributed by atoms with van der Waals surface area (Å²) >= 11 is 0. The van der Waals surface area contributed by atoms with Crippen LogP contribution in [-0.4, -0.2) is 33.8 Å². The summed E-state index contributed by atoms with van der Waals surface area (Å²) in [5.41, 5.74) is -0.731. The highest BCUT2D eigenvalue weighted by molar-refractivity contribution is 5.96. The molecule has 1 amide bonds. The quantitative estimate of drug-likeness (QED) is 0.876. The average molecular weight is 362 g/mol. The normalized spacial score (nSPS) is 15.9. The number of anilines is 1. The number of rotatable bonds is 3. The third-order valence-corrected chi connectivity index (χ3v) is 3.77. The summed E-state index contributed by atoms with van der Waals surface area (Å²) in [5.74, 6) is -0.269. The first-order valence-corrected chi connectivity index (χ1v) is 6.85. The summed E-state index contributed by atoms with van der Waals surface area (Å²) in [6.45, 7) is 1.48. The molecule has 1 fully saturated rings. The maximum atomic E-state index is 12.9. The van der Waals surface area contributed by atoms with Gasteiger partial charge in [0, 0.05) is 12.4 Å². The Labute approximate surface area is 145 Å². The molecule has 0 atom stereocenters. The van der Waals surface area contributed by atoms with Crippen LogP contribution in [0.5, 0.6) is 0 Å². The number of piperidine rings is 1. The third kappa shape index (κ3) is 3.99. The topological polar surface area (TPSA) is 71.8 Å². The van der Waals surface area contributed by atoms with E-state index in [4.69, 9.17) is 0 Å². The van der Waals surface area contributed by atoms with E-state index in [9.17, 15) is 9.18 Å². The Morgan fingerprint density at radius 2 is 2.04 bits per heavy atom. The van der Waals surface area contributed by atoms with Crippen LogP contribution in [0.25, 0.3) is 0 Å². The van der Waals surface area contributed by atoms with Gasteiger partial charge < -0.3 is 10.6 Å². The van der Waals surface area contributed by atoms with Gasteiger partial charge in [-0.25, -0.2) is 9.37 Å². The number of hydrogen-bond donors (Lipinski definition) is 2. The van der Waals surface area contributed by atoms with Crippen LogP contribution in [0.1, 0.15) is 12.8 Å². The molecule has 0 saturated carbocycles. The fraction of sp³-hybridized carbons (Fsp3) is 0.357. The third-order valence-electron chi connectivity index (χ3n) is 3.77. The Balaban J connectivity index is 0.00000132. The van der Waals surface area contributed by atoms with Crippen molar-refractivity contribution in [3.05, 3.63) is 42.6 Å². The molecule has 1 saturated heterocycles. The van der Waals surface area contributed by atoms with Crippen molar-refractivity contribution in [3.63, 3.8) is 0 Å². The van der Waals surface area contributed by atoms with E-state index in [0.29, 0.717) is 18.7 Å². The average Bonchev–Trinajstić information content (AvgIpc) is 3.05. The molecule has 0 aromatic carbocycles. The molecule has 0 aliphatic carbocycles. The van der Waals surface area contributed by atoms with Crippen molar-refractivity contribution in [2.24, 2.45) is 0 Å². The van der Waals surface area contributed by atoms with Crippen LogP contribution in [0.15, 0.2) is 36.8 Å². The van der Waals surface area contributed by atoms with Gasteiger partial charge in [-0.2, -0.15) is 5.10 Å². The molecule has 23 heavy (non-hydrogen) atoms. The van der Waals surface area contributed by atoms with Crippen molar-refractivity contribution >= 4 is 36.5 Å². The maximum absolute atomic E-state index is 12.9. The molecule has 1 aliphatic heterocycles. The fourth-order valence-electron chi connectivity index (χ4n) is 2.60. The van der Waals surface area contributed by atoms with Crippen LogP contribution >= 0.6 is 24.8 Å². The van der Waals surface area contributed by atoms with E-state index in [1.165, 1.54) is 12.1 Å². The van der Waals surface area contributed by atoms with E-state index in [-0.39, 0.29) is 30.7 Å². The zero-order chi connectivity index (χ0) is 14.7. The minimum absolute atomic E-state index is 0. The number of carbonyl (C=O) groups is 1. The number of aromatic nitrogens is 3. The van der Waals surface area contributed by atoms with Crippen LogP contribution in [0.2, 0.25) is 0 Å². The second-order valence-electron chi connectivity index (χ2n) is 5.05. The number of nitrogens with zero attached hydrogens (tertiary/aromatic N) is 3. The zero-order valence-corrected chi connectivity index (χ0v) is 13.9. The Bertz CT molecular complexity index is 615. The van der Waals surface area contributed by atoms with E-state index in [1.807, 2.05) is 0 Å². The van der Waals surface area contributed by atoms with Gasteiger partial charge in [-0.15, -0.1) is 24.8 Å². The lowest BCUT2D eigenvalue weighted by Crippen LogP contribution is -2.52. The highest BCUT2D eigenvalue weighted by atomic mass is 35.5. The van der Waals surface area contributed by atoms with Crippen LogP contribution in [-0.2, 0) is 10.3 Å². The highest BCUT2D eigenvalue weighted by Crippen LogP contribution is 2.28. The van der Waals surface area contributed by atoms with E-state index >= 15 is 0 Å². The van der Waals surface area contributed by atoms with E-state index < -0.39 is 11.4 Å². The minimum Gasteiger partial charge on any atom is -0.317 e. The zero-order valence-electron chi connectivity index (χ0n) is 12.2. The van der Waals surface area contributed by atoms with Crippen molar-refractivity contribution in [2.75, 3.05) is 18.4 Å². The largest absolute Gasteiger partial charge is 0.317 e. The summed E-state index contributed by atoms with van der Waals surface area (Å²) in [4.78, 5) is 16.6. The molecule has 0 spiro atoms. The Morgan fingerprint density at radius 3 is 2.61 bits per heavy atom. The van der Waals surface area contributed by atoms with Crippen molar-refractivity contribution < 1.29 is 9.18 Å². The first-order valence-electron chi connectivity index (χ1n) is 6.85. The molecule has 3 rings (SSSR count). The predicted octanol–water partition coefficient (Wildman–Crippen LogP) is 1.98. The van der Waals surface area contributed by atoms with Crippen LogP contribution in [0, 0.1) is 5.82 Å². The first-order chi connectivity index (χ1) is 10.2. The number of pyridine rings is 1. The van der Waals surface area contributed by atoms with Crippen molar-refractivity contribution in [3.8, 4) is 0 Å². The fourth-order valence-corrected chi connectivity index (χ4v) is 2.60. The van der Waals surface area contributed by atoms with Gasteiger partial charge in [-0.05, 0) is 44.1 Å². The van der Waals surface area contributed by atoms with Crippen molar-refractivity contribution in [2.45, 2.75) is 18.4 Å². The van der Waals surface area contributed by atoms with Crippen LogP contribution < -0.4 is 10.6 Å². The van der Waals surface area contributed by atoms with Gasteiger partial charge in [-0.3, -0.25) is 9.48 Å². The molecule has 0 radical (unpaired) electrons. The summed E-state index contributed by atoms with van der Waals surface area (Å²) in [5, 5.41) is 10.2. The molecule has 0 bridgehead atoms. The molecule has 1 aliphatic rings. The van der Waals surface area contributed by atoms with Crippen molar-refractivity contribution in [1.82, 2.24) is 20.1 Å². The monoisotopic (exact) mass is 361 g/mol.